The fourth-order valence-corrected chi connectivity index (χ4v) is 2.92. The normalized spacial score (nSPS) is 11.2. The van der Waals surface area contributed by atoms with Crippen molar-refractivity contribution in [1.82, 2.24) is 0 Å². The van der Waals surface area contributed by atoms with Crippen LogP contribution in [0.3, 0.4) is 0 Å². The Balaban J connectivity index is 2.40. The number of para-hydroxylation sites is 1. The number of halogens is 1. The van der Waals surface area contributed by atoms with Crippen LogP contribution >= 0.6 is 11.6 Å². The molecule has 0 aliphatic rings. The molecule has 0 bridgehead atoms. The molecule has 0 unspecified atom stereocenters. The molecule has 0 aliphatic heterocycles. The quantitative estimate of drug-likeness (QED) is 0.810. The molecule has 0 amide bonds. The lowest BCUT2D eigenvalue weighted by Gasteiger charge is -2.09. The highest BCUT2D eigenvalue weighted by Crippen LogP contribution is 2.23. The van der Waals surface area contributed by atoms with E-state index in [2.05, 4.69) is 0 Å². The van der Waals surface area contributed by atoms with Gasteiger partial charge >= 0.3 is 10.1 Å². The zero-order valence-electron chi connectivity index (χ0n) is 9.63. The van der Waals surface area contributed by atoms with Crippen LogP contribution in [0.1, 0.15) is 5.56 Å². The van der Waals surface area contributed by atoms with E-state index in [-0.39, 0.29) is 10.6 Å². The number of aryl methyl sites for hydroxylation is 1. The van der Waals surface area contributed by atoms with Gasteiger partial charge < -0.3 is 4.18 Å². The lowest BCUT2D eigenvalue weighted by Crippen LogP contribution is -2.11. The van der Waals surface area contributed by atoms with E-state index in [1.165, 1.54) is 6.07 Å². The maximum atomic E-state index is 12.1. The van der Waals surface area contributed by atoms with Crippen LogP contribution in [0, 0.1) is 6.92 Å². The summed E-state index contributed by atoms with van der Waals surface area (Å²) in [6.45, 7) is 1.69. The highest BCUT2D eigenvalue weighted by Gasteiger charge is 2.19. The van der Waals surface area contributed by atoms with Crippen LogP contribution in [-0.2, 0) is 10.1 Å². The summed E-state index contributed by atoms with van der Waals surface area (Å²) in [5.74, 6) is 0.275. The minimum absolute atomic E-state index is 0.0823. The van der Waals surface area contributed by atoms with Crippen LogP contribution in [0.25, 0.3) is 0 Å². The summed E-state index contributed by atoms with van der Waals surface area (Å²) in [5, 5.41) is 0.357. The smallest absolute Gasteiger partial charge is 0.339 e. The molecule has 0 saturated heterocycles. The Bertz CT molecular complexity index is 651. The van der Waals surface area contributed by atoms with Gasteiger partial charge in [-0.1, -0.05) is 35.9 Å². The van der Waals surface area contributed by atoms with E-state index in [0.717, 1.165) is 0 Å². The first-order chi connectivity index (χ1) is 8.49. The van der Waals surface area contributed by atoms with Crippen molar-refractivity contribution in [3.63, 3.8) is 0 Å². The third kappa shape index (κ3) is 2.83. The second-order valence-electron chi connectivity index (χ2n) is 3.76. The standard InChI is InChI=1S/C13H11ClO3S/c1-10-7-8-11(14)9-13(10)18(15,16)17-12-5-3-2-4-6-12/h2-9H,1H3. The van der Waals surface area contributed by atoms with Crippen LogP contribution in [0.2, 0.25) is 5.02 Å². The molecule has 3 nitrogen and oxygen atoms in total. The SMILES string of the molecule is Cc1ccc(Cl)cc1S(=O)(=O)Oc1ccccc1. The van der Waals surface area contributed by atoms with Crippen molar-refractivity contribution < 1.29 is 12.6 Å². The van der Waals surface area contributed by atoms with Crippen LogP contribution in [-0.4, -0.2) is 8.42 Å². The fourth-order valence-electron chi connectivity index (χ4n) is 1.49. The summed E-state index contributed by atoms with van der Waals surface area (Å²) in [5.41, 5.74) is 0.593. The van der Waals surface area contributed by atoms with Crippen LogP contribution < -0.4 is 4.18 Å². The average Bonchev–Trinajstić information content (AvgIpc) is 2.33. The number of benzene rings is 2. The highest BCUT2D eigenvalue weighted by molar-refractivity contribution is 7.87. The lowest BCUT2D eigenvalue weighted by molar-refractivity contribution is 0.485. The number of hydrogen-bond acceptors (Lipinski definition) is 3. The van der Waals surface area contributed by atoms with Gasteiger partial charge in [0.1, 0.15) is 10.6 Å². The molecule has 0 heterocycles. The first-order valence-electron chi connectivity index (χ1n) is 5.25. The molecule has 5 heteroatoms. The third-order valence-corrected chi connectivity index (χ3v) is 3.99. The Morgan fingerprint density at radius 3 is 2.39 bits per heavy atom. The van der Waals surface area contributed by atoms with E-state index in [9.17, 15) is 8.42 Å². The highest BCUT2D eigenvalue weighted by atomic mass is 35.5. The van der Waals surface area contributed by atoms with Crippen molar-refractivity contribution in [3.05, 3.63) is 59.1 Å². The molecule has 0 fully saturated rings. The van der Waals surface area contributed by atoms with Crippen LogP contribution in [0.15, 0.2) is 53.4 Å². The maximum Gasteiger partial charge on any atom is 0.339 e. The van der Waals surface area contributed by atoms with Gasteiger partial charge in [0.2, 0.25) is 0 Å². The molecule has 0 saturated carbocycles. The second kappa shape index (κ2) is 5.00. The topological polar surface area (TPSA) is 43.4 Å². The molecule has 0 N–H and O–H groups in total. The predicted molar refractivity (Wildman–Crippen MR) is 70.4 cm³/mol. The van der Waals surface area contributed by atoms with Gasteiger partial charge in [0.25, 0.3) is 0 Å². The first-order valence-corrected chi connectivity index (χ1v) is 7.03. The molecule has 0 atom stereocenters. The van der Waals surface area contributed by atoms with Crippen molar-refractivity contribution in [2.75, 3.05) is 0 Å². The largest absolute Gasteiger partial charge is 0.379 e. The summed E-state index contributed by atoms with van der Waals surface area (Å²) >= 11 is 5.81. The van der Waals surface area contributed by atoms with Gasteiger partial charge in [0, 0.05) is 5.02 Å². The lowest BCUT2D eigenvalue weighted by atomic mass is 10.2. The van der Waals surface area contributed by atoms with Gasteiger partial charge in [-0.05, 0) is 36.8 Å². The monoisotopic (exact) mass is 282 g/mol. The summed E-state index contributed by atoms with van der Waals surface area (Å²) in [4.78, 5) is 0.0823. The van der Waals surface area contributed by atoms with Gasteiger partial charge in [-0.3, -0.25) is 0 Å². The van der Waals surface area contributed by atoms with Gasteiger partial charge in [-0.2, -0.15) is 8.42 Å². The Kier molecular flexibility index (Phi) is 3.59. The van der Waals surface area contributed by atoms with Crippen molar-refractivity contribution in [2.45, 2.75) is 11.8 Å². The van der Waals surface area contributed by atoms with Crippen molar-refractivity contribution >= 4 is 21.7 Å². The van der Waals surface area contributed by atoms with E-state index in [1.807, 2.05) is 0 Å². The number of hydrogen-bond donors (Lipinski definition) is 0. The average molecular weight is 283 g/mol. The molecule has 2 aromatic rings. The summed E-state index contributed by atoms with van der Waals surface area (Å²) in [7, 11) is -3.85. The van der Waals surface area contributed by atoms with Crippen molar-refractivity contribution in [1.29, 1.82) is 0 Å². The zero-order valence-corrected chi connectivity index (χ0v) is 11.2. The molecule has 18 heavy (non-hydrogen) atoms. The van der Waals surface area contributed by atoms with Crippen molar-refractivity contribution in [3.8, 4) is 5.75 Å². The Morgan fingerprint density at radius 2 is 1.72 bits per heavy atom. The minimum atomic E-state index is -3.85. The molecule has 0 aliphatic carbocycles. The van der Waals surface area contributed by atoms with Crippen molar-refractivity contribution in [2.24, 2.45) is 0 Å². The molecular weight excluding hydrogens is 272 g/mol. The van der Waals surface area contributed by atoms with E-state index < -0.39 is 10.1 Å². The Hall–Kier alpha value is -1.52. The predicted octanol–water partition coefficient (Wildman–Crippen LogP) is 3.42. The Morgan fingerprint density at radius 1 is 1.06 bits per heavy atom. The van der Waals surface area contributed by atoms with Crippen LogP contribution in [0.4, 0.5) is 0 Å². The molecule has 2 aromatic carbocycles. The first kappa shape index (κ1) is 12.9. The van der Waals surface area contributed by atoms with Gasteiger partial charge in [-0.15, -0.1) is 0 Å². The third-order valence-electron chi connectivity index (χ3n) is 2.37. The van der Waals surface area contributed by atoms with E-state index >= 15 is 0 Å². The molecular formula is C13H11ClO3S. The summed E-state index contributed by atoms with van der Waals surface area (Å²) < 4.78 is 29.2. The van der Waals surface area contributed by atoms with E-state index in [0.29, 0.717) is 10.6 Å². The Labute approximate surface area is 111 Å². The van der Waals surface area contributed by atoms with E-state index in [4.69, 9.17) is 15.8 Å². The summed E-state index contributed by atoms with van der Waals surface area (Å²) in [6.07, 6.45) is 0. The second-order valence-corrected chi connectivity index (χ2v) is 5.71. The maximum absolute atomic E-state index is 12.1. The van der Waals surface area contributed by atoms with Gasteiger partial charge in [0.15, 0.2) is 0 Å². The molecule has 0 radical (unpaired) electrons. The molecule has 2 rings (SSSR count). The zero-order chi connectivity index (χ0) is 13.2. The number of rotatable bonds is 3. The molecule has 0 spiro atoms. The fraction of sp³-hybridized carbons (Fsp3) is 0.0769. The van der Waals surface area contributed by atoms with Crippen LogP contribution in [0.5, 0.6) is 5.75 Å². The van der Waals surface area contributed by atoms with E-state index in [1.54, 1.807) is 49.4 Å². The molecule has 0 aromatic heterocycles. The van der Waals surface area contributed by atoms with Gasteiger partial charge in [-0.25, -0.2) is 0 Å². The van der Waals surface area contributed by atoms with Gasteiger partial charge in [0.05, 0.1) is 0 Å². The summed E-state index contributed by atoms with van der Waals surface area (Å²) in [6, 6.07) is 13.0. The molecule has 94 valence electrons. The minimum Gasteiger partial charge on any atom is -0.379 e.